The first-order valence-corrected chi connectivity index (χ1v) is 10.1. The molecule has 0 unspecified atom stereocenters. The van der Waals surface area contributed by atoms with E-state index in [9.17, 15) is 18.4 Å². The van der Waals surface area contributed by atoms with Gasteiger partial charge in [0, 0.05) is 19.2 Å². The van der Waals surface area contributed by atoms with E-state index in [1.54, 1.807) is 25.3 Å². The number of carbonyl (C=O) groups excluding carboxylic acids is 2. The number of nitrogens with zero attached hydrogens (tertiary/aromatic N) is 2. The summed E-state index contributed by atoms with van der Waals surface area (Å²) in [5, 5.41) is 5.49. The topological polar surface area (TPSA) is 100 Å². The normalized spacial score (nSPS) is 13.0. The van der Waals surface area contributed by atoms with Gasteiger partial charge in [-0.05, 0) is 56.3 Å². The Kier molecular flexibility index (Phi) is 8.87. The molecular formula is C22H29F2N5O2. The van der Waals surface area contributed by atoms with E-state index in [2.05, 4.69) is 15.6 Å². The molecule has 0 aliphatic heterocycles. The van der Waals surface area contributed by atoms with Gasteiger partial charge >= 0.3 is 0 Å². The average molecular weight is 434 g/mol. The highest BCUT2D eigenvalue weighted by Gasteiger charge is 2.25. The summed E-state index contributed by atoms with van der Waals surface area (Å²) in [5.74, 6) is -2.39. The van der Waals surface area contributed by atoms with Gasteiger partial charge in [-0.1, -0.05) is 19.1 Å². The number of nitrogen functional groups attached to an aromatic ring is 1. The zero-order chi connectivity index (χ0) is 23.0. The molecule has 1 heterocycles. The fourth-order valence-corrected chi connectivity index (χ4v) is 3.00. The monoisotopic (exact) mass is 433 g/mol. The van der Waals surface area contributed by atoms with Crippen LogP contribution >= 0.6 is 0 Å². The Morgan fingerprint density at radius 1 is 1.13 bits per heavy atom. The number of likely N-dealkylation sites (N-methyl/N-ethyl adjacent to an activating group) is 1. The largest absolute Gasteiger partial charge is 0.384 e. The quantitative estimate of drug-likeness (QED) is 0.532. The van der Waals surface area contributed by atoms with Crippen LogP contribution in [-0.2, 0) is 22.6 Å². The molecule has 2 aromatic rings. The molecule has 0 radical (unpaired) electrons. The smallest absolute Gasteiger partial charge is 0.243 e. The molecule has 0 saturated carbocycles. The Labute approximate surface area is 181 Å². The van der Waals surface area contributed by atoms with Crippen molar-refractivity contribution in [1.29, 1.82) is 0 Å². The number of rotatable bonds is 10. The van der Waals surface area contributed by atoms with Crippen molar-refractivity contribution in [3.05, 3.63) is 59.3 Å². The third kappa shape index (κ3) is 7.29. The molecule has 0 aliphatic rings. The molecule has 1 aromatic heterocycles. The number of nitrogens with one attached hydrogen (secondary N) is 2. The second-order valence-electron chi connectivity index (χ2n) is 7.48. The first-order valence-electron chi connectivity index (χ1n) is 10.1. The van der Waals surface area contributed by atoms with Crippen LogP contribution < -0.4 is 16.4 Å². The summed E-state index contributed by atoms with van der Waals surface area (Å²) in [6.45, 7) is 4.66. The molecule has 168 valence electrons. The Morgan fingerprint density at radius 2 is 1.84 bits per heavy atom. The lowest BCUT2D eigenvalue weighted by Crippen LogP contribution is -2.53. The minimum atomic E-state index is -1.01. The van der Waals surface area contributed by atoms with Crippen molar-refractivity contribution in [2.45, 2.75) is 45.3 Å². The number of nitrogens with two attached hydrogens (primary N) is 1. The standard InChI is InChI=1S/C22H29F2N5O2/c1-4-9-29(3)14(2)21(30)28-19(11-15-5-7-17(23)18(24)10-15)22(31)27-13-16-6-8-20(25)26-12-16/h5-8,10,12,14,19H,4,9,11,13H2,1-3H3,(H2,25,26)(H,27,31)(H,28,30)/t14-,19-/m0/s1. The van der Waals surface area contributed by atoms with Crippen molar-refractivity contribution in [3.63, 3.8) is 0 Å². The van der Waals surface area contributed by atoms with Crippen LogP contribution in [0, 0.1) is 11.6 Å². The number of halogens is 2. The molecule has 2 atom stereocenters. The molecule has 31 heavy (non-hydrogen) atoms. The second-order valence-corrected chi connectivity index (χ2v) is 7.48. The van der Waals surface area contributed by atoms with Crippen LogP contribution in [0.15, 0.2) is 36.5 Å². The van der Waals surface area contributed by atoms with Crippen LogP contribution in [0.2, 0.25) is 0 Å². The maximum atomic E-state index is 13.6. The SMILES string of the molecule is CCCN(C)[C@@H](C)C(=O)N[C@@H](Cc1ccc(F)c(F)c1)C(=O)NCc1ccc(N)nc1. The van der Waals surface area contributed by atoms with Crippen LogP contribution in [0.3, 0.4) is 0 Å². The lowest BCUT2D eigenvalue weighted by atomic mass is 10.0. The van der Waals surface area contributed by atoms with Gasteiger partial charge in [0.25, 0.3) is 0 Å². The summed E-state index contributed by atoms with van der Waals surface area (Å²) in [6, 6.07) is 5.34. The molecule has 7 nitrogen and oxygen atoms in total. The zero-order valence-corrected chi connectivity index (χ0v) is 18.0. The van der Waals surface area contributed by atoms with Crippen molar-refractivity contribution in [2.24, 2.45) is 0 Å². The van der Waals surface area contributed by atoms with E-state index in [4.69, 9.17) is 5.73 Å². The fourth-order valence-electron chi connectivity index (χ4n) is 3.00. The van der Waals surface area contributed by atoms with E-state index < -0.39 is 29.6 Å². The predicted molar refractivity (Wildman–Crippen MR) is 115 cm³/mol. The van der Waals surface area contributed by atoms with Gasteiger partial charge in [-0.2, -0.15) is 0 Å². The van der Waals surface area contributed by atoms with Crippen LogP contribution in [0.25, 0.3) is 0 Å². The number of aromatic nitrogens is 1. The highest BCUT2D eigenvalue weighted by Crippen LogP contribution is 2.12. The summed E-state index contributed by atoms with van der Waals surface area (Å²) >= 11 is 0. The number of pyridine rings is 1. The Morgan fingerprint density at radius 3 is 2.45 bits per heavy atom. The number of hydrogen-bond donors (Lipinski definition) is 3. The van der Waals surface area contributed by atoms with Gasteiger partial charge < -0.3 is 16.4 Å². The number of amides is 2. The predicted octanol–water partition coefficient (Wildman–Crippen LogP) is 2.02. The first-order chi connectivity index (χ1) is 14.7. The highest BCUT2D eigenvalue weighted by molar-refractivity contribution is 5.89. The van der Waals surface area contributed by atoms with Crippen molar-refractivity contribution < 1.29 is 18.4 Å². The lowest BCUT2D eigenvalue weighted by Gasteiger charge is -2.26. The third-order valence-electron chi connectivity index (χ3n) is 4.99. The highest BCUT2D eigenvalue weighted by atomic mass is 19.2. The van der Waals surface area contributed by atoms with Gasteiger partial charge in [0.1, 0.15) is 11.9 Å². The average Bonchev–Trinajstić information content (AvgIpc) is 2.74. The second kappa shape index (κ2) is 11.4. The third-order valence-corrected chi connectivity index (χ3v) is 4.99. The van der Waals surface area contributed by atoms with Crippen molar-refractivity contribution in [1.82, 2.24) is 20.5 Å². The molecule has 0 spiro atoms. The van der Waals surface area contributed by atoms with Gasteiger partial charge in [-0.3, -0.25) is 14.5 Å². The van der Waals surface area contributed by atoms with Gasteiger partial charge in [0.15, 0.2) is 11.6 Å². The van der Waals surface area contributed by atoms with Gasteiger partial charge in [0.2, 0.25) is 11.8 Å². The molecule has 0 bridgehead atoms. The van der Waals surface area contributed by atoms with E-state index >= 15 is 0 Å². The van der Waals surface area contributed by atoms with E-state index in [1.807, 2.05) is 18.9 Å². The number of hydrogen-bond acceptors (Lipinski definition) is 5. The first kappa shape index (κ1) is 24.2. The van der Waals surface area contributed by atoms with Crippen molar-refractivity contribution in [3.8, 4) is 0 Å². The summed E-state index contributed by atoms with van der Waals surface area (Å²) in [7, 11) is 1.83. The maximum Gasteiger partial charge on any atom is 0.243 e. The summed E-state index contributed by atoms with van der Waals surface area (Å²) in [4.78, 5) is 31.4. The van der Waals surface area contributed by atoms with Crippen molar-refractivity contribution >= 4 is 17.6 Å². The Hall–Kier alpha value is -3.07. The maximum absolute atomic E-state index is 13.6. The Bertz CT molecular complexity index is 892. The fraction of sp³-hybridized carbons (Fsp3) is 0.409. The minimum Gasteiger partial charge on any atom is -0.384 e. The molecule has 9 heteroatoms. The van der Waals surface area contributed by atoms with E-state index in [0.29, 0.717) is 11.4 Å². The Balaban J connectivity index is 2.13. The molecule has 0 saturated heterocycles. The summed E-state index contributed by atoms with van der Waals surface area (Å²) in [6.07, 6.45) is 2.43. The molecule has 1 aromatic carbocycles. The van der Waals surface area contributed by atoms with Crippen molar-refractivity contribution in [2.75, 3.05) is 19.3 Å². The molecule has 2 amide bonds. The molecule has 4 N–H and O–H groups in total. The van der Waals surface area contributed by atoms with Crippen LogP contribution in [-0.4, -0.2) is 47.4 Å². The number of carbonyl (C=O) groups is 2. The molecule has 0 fully saturated rings. The number of benzene rings is 1. The zero-order valence-electron chi connectivity index (χ0n) is 18.0. The van der Waals surface area contributed by atoms with Gasteiger partial charge in [-0.15, -0.1) is 0 Å². The van der Waals surface area contributed by atoms with E-state index in [-0.39, 0.29) is 18.9 Å². The van der Waals surface area contributed by atoms with Crippen LogP contribution in [0.4, 0.5) is 14.6 Å². The number of anilines is 1. The summed E-state index contributed by atoms with van der Waals surface area (Å²) < 4.78 is 26.9. The van der Waals surface area contributed by atoms with Gasteiger partial charge in [-0.25, -0.2) is 13.8 Å². The van der Waals surface area contributed by atoms with E-state index in [1.165, 1.54) is 6.07 Å². The van der Waals surface area contributed by atoms with E-state index in [0.717, 1.165) is 30.7 Å². The minimum absolute atomic E-state index is 0.0129. The van der Waals surface area contributed by atoms with Gasteiger partial charge in [0.05, 0.1) is 6.04 Å². The molecule has 2 rings (SSSR count). The lowest BCUT2D eigenvalue weighted by molar-refractivity contribution is -0.131. The molecule has 0 aliphatic carbocycles. The van der Waals surface area contributed by atoms with Crippen LogP contribution in [0.5, 0.6) is 0 Å². The molecular weight excluding hydrogens is 404 g/mol. The summed E-state index contributed by atoms with van der Waals surface area (Å²) in [5.41, 5.74) is 6.69. The van der Waals surface area contributed by atoms with Crippen LogP contribution in [0.1, 0.15) is 31.4 Å².